The van der Waals surface area contributed by atoms with Crippen molar-refractivity contribution in [3.05, 3.63) is 0 Å². The normalized spacial score (nSPS) is 13.1. The summed E-state index contributed by atoms with van der Waals surface area (Å²) < 4.78 is 7.28. The molecule has 0 aromatic heterocycles. The summed E-state index contributed by atoms with van der Waals surface area (Å²) in [6.07, 6.45) is 0.0161. The van der Waals surface area contributed by atoms with Crippen molar-refractivity contribution in [1.82, 2.24) is 4.72 Å². The first-order valence-corrected chi connectivity index (χ1v) is 5.27. The SMILES string of the molecule is CC(C)(C)OC(=O)CC(N)SNC(N)=O. The number of rotatable bonds is 4. The van der Waals surface area contributed by atoms with Gasteiger partial charge in [-0.1, -0.05) is 0 Å². The van der Waals surface area contributed by atoms with Gasteiger partial charge in [0.05, 0.1) is 11.8 Å². The van der Waals surface area contributed by atoms with Crippen LogP contribution in [0.25, 0.3) is 0 Å². The van der Waals surface area contributed by atoms with Gasteiger partial charge in [-0.15, -0.1) is 0 Å². The summed E-state index contributed by atoms with van der Waals surface area (Å²) in [5.41, 5.74) is 9.84. The van der Waals surface area contributed by atoms with Crippen molar-refractivity contribution in [2.24, 2.45) is 11.5 Å². The summed E-state index contributed by atoms with van der Waals surface area (Å²) in [5.74, 6) is -0.409. The molecule has 1 unspecified atom stereocenters. The third kappa shape index (κ3) is 9.36. The zero-order valence-electron chi connectivity index (χ0n) is 9.07. The Balaban J connectivity index is 3.81. The molecule has 0 rings (SSSR count). The van der Waals surface area contributed by atoms with E-state index >= 15 is 0 Å². The summed E-state index contributed by atoms with van der Waals surface area (Å²) in [6.45, 7) is 5.31. The van der Waals surface area contributed by atoms with Crippen molar-refractivity contribution in [3.8, 4) is 0 Å². The zero-order chi connectivity index (χ0) is 12.1. The molecule has 0 saturated carbocycles. The lowest BCUT2D eigenvalue weighted by atomic mass is 10.2. The fourth-order valence-corrected chi connectivity index (χ4v) is 1.21. The van der Waals surface area contributed by atoms with Gasteiger partial charge in [0.1, 0.15) is 5.60 Å². The minimum Gasteiger partial charge on any atom is -0.460 e. The maximum Gasteiger partial charge on any atom is 0.322 e. The number of carbonyl (C=O) groups excluding carboxylic acids is 2. The largest absolute Gasteiger partial charge is 0.460 e. The van der Waals surface area contributed by atoms with E-state index in [1.165, 1.54) is 0 Å². The molecule has 0 radical (unpaired) electrons. The topological polar surface area (TPSA) is 107 Å². The average molecular weight is 235 g/mol. The molecule has 0 saturated heterocycles. The second kappa shape index (κ2) is 5.82. The Morgan fingerprint density at radius 1 is 1.47 bits per heavy atom. The van der Waals surface area contributed by atoms with E-state index in [9.17, 15) is 9.59 Å². The fraction of sp³-hybridized carbons (Fsp3) is 0.750. The van der Waals surface area contributed by atoms with Crippen LogP contribution in [0.1, 0.15) is 27.2 Å². The van der Waals surface area contributed by atoms with Crippen molar-refractivity contribution < 1.29 is 14.3 Å². The Labute approximate surface area is 93.2 Å². The highest BCUT2D eigenvalue weighted by molar-refractivity contribution is 7.98. The van der Waals surface area contributed by atoms with Gasteiger partial charge in [0, 0.05) is 0 Å². The van der Waals surface area contributed by atoms with Crippen LogP contribution in [-0.2, 0) is 9.53 Å². The number of nitrogens with one attached hydrogen (secondary N) is 1. The maximum absolute atomic E-state index is 11.3. The summed E-state index contributed by atoms with van der Waals surface area (Å²) >= 11 is 0.891. The van der Waals surface area contributed by atoms with E-state index < -0.39 is 23.0 Å². The molecule has 0 fully saturated rings. The predicted molar refractivity (Wildman–Crippen MR) is 58.7 cm³/mol. The molecule has 0 aromatic rings. The number of carbonyl (C=O) groups is 2. The van der Waals surface area contributed by atoms with E-state index in [0.29, 0.717) is 0 Å². The highest BCUT2D eigenvalue weighted by Crippen LogP contribution is 2.11. The van der Waals surface area contributed by atoms with Gasteiger partial charge in [0.2, 0.25) is 0 Å². The monoisotopic (exact) mass is 235 g/mol. The third-order valence-electron chi connectivity index (χ3n) is 1.10. The Hall–Kier alpha value is -0.950. The molecular weight excluding hydrogens is 218 g/mol. The van der Waals surface area contributed by atoms with Crippen molar-refractivity contribution in [1.29, 1.82) is 0 Å². The fourth-order valence-electron chi connectivity index (χ4n) is 0.723. The number of ether oxygens (including phenoxy) is 1. The molecule has 6 nitrogen and oxygen atoms in total. The Bertz CT molecular complexity index is 240. The Kier molecular flexibility index (Phi) is 5.45. The van der Waals surface area contributed by atoms with Crippen LogP contribution in [0, 0.1) is 0 Å². The second-order valence-corrected chi connectivity index (χ2v) is 4.96. The van der Waals surface area contributed by atoms with Crippen molar-refractivity contribution in [3.63, 3.8) is 0 Å². The molecule has 1 atom stereocenters. The molecule has 15 heavy (non-hydrogen) atoms. The molecule has 2 amide bonds. The minimum atomic E-state index is -0.695. The van der Waals surface area contributed by atoms with E-state index in [2.05, 4.69) is 4.72 Å². The lowest BCUT2D eigenvalue weighted by Gasteiger charge is -2.20. The lowest BCUT2D eigenvalue weighted by molar-refractivity contribution is -0.154. The molecule has 0 aromatic carbocycles. The van der Waals surface area contributed by atoms with Crippen LogP contribution in [0.3, 0.4) is 0 Å². The molecule has 5 N–H and O–H groups in total. The number of urea groups is 1. The smallest absolute Gasteiger partial charge is 0.322 e. The number of amides is 2. The summed E-state index contributed by atoms with van der Waals surface area (Å²) in [7, 11) is 0. The van der Waals surface area contributed by atoms with E-state index in [0.717, 1.165) is 11.9 Å². The first-order valence-electron chi connectivity index (χ1n) is 4.39. The van der Waals surface area contributed by atoms with Gasteiger partial charge < -0.3 is 16.2 Å². The van der Waals surface area contributed by atoms with Gasteiger partial charge in [-0.2, -0.15) is 0 Å². The van der Waals surface area contributed by atoms with Gasteiger partial charge >= 0.3 is 12.0 Å². The first-order chi connectivity index (χ1) is 6.70. The third-order valence-corrected chi connectivity index (χ3v) is 1.89. The van der Waals surface area contributed by atoms with Crippen molar-refractivity contribution in [2.45, 2.75) is 38.2 Å². The molecule has 0 aliphatic carbocycles. The number of hydrogen-bond acceptors (Lipinski definition) is 5. The van der Waals surface area contributed by atoms with Gasteiger partial charge in [-0.25, -0.2) is 4.79 Å². The standard InChI is InChI=1S/C8H17N3O3S/c1-8(2,3)14-6(12)4-5(9)15-11-7(10)13/h5H,4,9H2,1-3H3,(H3,10,11,13). The van der Waals surface area contributed by atoms with Gasteiger partial charge in [-0.3, -0.25) is 9.52 Å². The maximum atomic E-state index is 11.3. The number of primary amides is 1. The van der Waals surface area contributed by atoms with Crippen molar-refractivity contribution >= 4 is 23.9 Å². The Morgan fingerprint density at radius 3 is 2.40 bits per heavy atom. The molecular formula is C8H17N3O3S. The van der Waals surface area contributed by atoms with Crippen LogP contribution in [0.2, 0.25) is 0 Å². The van der Waals surface area contributed by atoms with E-state index in [4.69, 9.17) is 16.2 Å². The Morgan fingerprint density at radius 2 is 2.00 bits per heavy atom. The summed E-state index contributed by atoms with van der Waals surface area (Å²) in [4.78, 5) is 21.6. The molecule has 0 aliphatic rings. The van der Waals surface area contributed by atoms with Gasteiger partial charge in [0.25, 0.3) is 0 Å². The lowest BCUT2D eigenvalue weighted by Crippen LogP contribution is -2.32. The van der Waals surface area contributed by atoms with Crippen LogP contribution in [0.5, 0.6) is 0 Å². The van der Waals surface area contributed by atoms with E-state index in [1.807, 2.05) is 0 Å². The molecule has 0 bridgehead atoms. The van der Waals surface area contributed by atoms with Crippen LogP contribution in [-0.4, -0.2) is 23.0 Å². The van der Waals surface area contributed by atoms with Crippen LogP contribution < -0.4 is 16.2 Å². The number of hydrogen-bond donors (Lipinski definition) is 3. The number of esters is 1. The van der Waals surface area contributed by atoms with E-state index in [1.54, 1.807) is 20.8 Å². The van der Waals surface area contributed by atoms with E-state index in [-0.39, 0.29) is 6.42 Å². The highest BCUT2D eigenvalue weighted by atomic mass is 32.2. The zero-order valence-corrected chi connectivity index (χ0v) is 9.89. The summed E-state index contributed by atoms with van der Waals surface area (Å²) in [5, 5.41) is -0.563. The molecule has 88 valence electrons. The van der Waals surface area contributed by atoms with Crippen LogP contribution in [0.15, 0.2) is 0 Å². The van der Waals surface area contributed by atoms with Crippen LogP contribution >= 0.6 is 11.9 Å². The van der Waals surface area contributed by atoms with Crippen LogP contribution in [0.4, 0.5) is 4.79 Å². The second-order valence-electron chi connectivity index (χ2n) is 3.91. The highest BCUT2D eigenvalue weighted by Gasteiger charge is 2.19. The van der Waals surface area contributed by atoms with Gasteiger partial charge in [0.15, 0.2) is 0 Å². The average Bonchev–Trinajstić information content (AvgIpc) is 1.96. The van der Waals surface area contributed by atoms with Gasteiger partial charge in [-0.05, 0) is 32.7 Å². The first kappa shape index (κ1) is 14.1. The molecule has 0 spiro atoms. The predicted octanol–water partition coefficient (Wildman–Crippen LogP) is 0.320. The number of nitrogens with two attached hydrogens (primary N) is 2. The minimum absolute atomic E-state index is 0.0161. The summed E-state index contributed by atoms with van der Waals surface area (Å²) in [6, 6.07) is -0.695. The molecule has 0 heterocycles. The molecule has 0 aliphatic heterocycles. The van der Waals surface area contributed by atoms with Crippen molar-refractivity contribution in [2.75, 3.05) is 0 Å². The molecule has 7 heteroatoms. The quantitative estimate of drug-likeness (QED) is 0.369.